The Morgan fingerprint density at radius 3 is 2.37 bits per heavy atom. The zero-order valence-corrected chi connectivity index (χ0v) is 11.9. The lowest BCUT2D eigenvalue weighted by Crippen LogP contribution is -2.41. The summed E-state index contributed by atoms with van der Waals surface area (Å²) in [5, 5.41) is 8.70. The molecule has 0 aliphatic heterocycles. The fourth-order valence-corrected chi connectivity index (χ4v) is 2.88. The first-order chi connectivity index (χ1) is 9.03. The number of nitrogens with two attached hydrogens (primary N) is 1. The van der Waals surface area contributed by atoms with E-state index in [-0.39, 0.29) is 17.7 Å². The van der Waals surface area contributed by atoms with Gasteiger partial charge in [0.2, 0.25) is 5.91 Å². The van der Waals surface area contributed by atoms with Crippen molar-refractivity contribution in [1.82, 2.24) is 4.90 Å². The fraction of sp³-hybridized carbons (Fsp3) is 0.857. The second-order valence-corrected chi connectivity index (χ2v) is 5.56. The molecule has 1 aliphatic carbocycles. The van der Waals surface area contributed by atoms with E-state index in [1.54, 1.807) is 4.90 Å². The Labute approximate surface area is 115 Å². The maximum atomic E-state index is 12.3. The summed E-state index contributed by atoms with van der Waals surface area (Å²) in [5.41, 5.74) is 5.84. The van der Waals surface area contributed by atoms with Crippen LogP contribution in [0.25, 0.3) is 0 Å². The number of carbonyl (C=O) groups excluding carboxylic acids is 1. The maximum absolute atomic E-state index is 12.3. The molecule has 0 saturated heterocycles. The van der Waals surface area contributed by atoms with Gasteiger partial charge in [0.1, 0.15) is 0 Å². The second-order valence-electron chi connectivity index (χ2n) is 5.56. The Kier molecular flexibility index (Phi) is 6.28. The third-order valence-electron chi connectivity index (χ3n) is 4.20. The zero-order chi connectivity index (χ0) is 14.3. The summed E-state index contributed by atoms with van der Waals surface area (Å²) >= 11 is 0. The number of hydrogen-bond donors (Lipinski definition) is 2. The smallest absolute Gasteiger partial charge is 0.305 e. The summed E-state index contributed by atoms with van der Waals surface area (Å²) < 4.78 is 0. The third kappa shape index (κ3) is 4.82. The molecule has 0 aromatic carbocycles. The monoisotopic (exact) mass is 270 g/mol. The topological polar surface area (TPSA) is 83.6 Å². The van der Waals surface area contributed by atoms with E-state index in [9.17, 15) is 9.59 Å². The normalized spacial score (nSPS) is 18.0. The molecular weight excluding hydrogens is 244 g/mol. The zero-order valence-electron chi connectivity index (χ0n) is 11.9. The molecule has 1 rings (SSSR count). The van der Waals surface area contributed by atoms with Crippen LogP contribution in [0, 0.1) is 5.41 Å². The SMILES string of the molecule is CCN(CCC(=O)O)C(=O)CC1(CN)CCCCC1. The predicted octanol–water partition coefficient (Wildman–Crippen LogP) is 1.61. The highest BCUT2D eigenvalue weighted by molar-refractivity contribution is 5.77. The molecule has 1 saturated carbocycles. The highest BCUT2D eigenvalue weighted by Crippen LogP contribution is 2.38. The minimum Gasteiger partial charge on any atom is -0.481 e. The van der Waals surface area contributed by atoms with Crippen LogP contribution < -0.4 is 5.73 Å². The van der Waals surface area contributed by atoms with Crippen molar-refractivity contribution in [3.63, 3.8) is 0 Å². The number of aliphatic carboxylic acids is 1. The highest BCUT2D eigenvalue weighted by Gasteiger charge is 2.34. The number of carbonyl (C=O) groups is 2. The van der Waals surface area contributed by atoms with E-state index in [2.05, 4.69) is 0 Å². The van der Waals surface area contributed by atoms with Crippen molar-refractivity contribution in [1.29, 1.82) is 0 Å². The Bertz CT molecular complexity index is 312. The van der Waals surface area contributed by atoms with Crippen LogP contribution in [-0.4, -0.2) is 41.5 Å². The van der Waals surface area contributed by atoms with Crippen LogP contribution in [0.2, 0.25) is 0 Å². The predicted molar refractivity (Wildman–Crippen MR) is 73.7 cm³/mol. The molecular formula is C14H26N2O3. The number of carboxylic acids is 1. The molecule has 0 bridgehead atoms. The van der Waals surface area contributed by atoms with E-state index in [1.165, 1.54) is 6.42 Å². The van der Waals surface area contributed by atoms with Gasteiger partial charge >= 0.3 is 5.97 Å². The summed E-state index contributed by atoms with van der Waals surface area (Å²) in [6, 6.07) is 0. The molecule has 0 unspecified atom stereocenters. The first kappa shape index (κ1) is 16.0. The quantitative estimate of drug-likeness (QED) is 0.736. The Morgan fingerprint density at radius 1 is 1.26 bits per heavy atom. The van der Waals surface area contributed by atoms with Crippen LogP contribution in [0.5, 0.6) is 0 Å². The van der Waals surface area contributed by atoms with Crippen molar-refractivity contribution in [2.24, 2.45) is 11.1 Å². The fourth-order valence-electron chi connectivity index (χ4n) is 2.88. The molecule has 19 heavy (non-hydrogen) atoms. The lowest BCUT2D eigenvalue weighted by molar-refractivity contribution is -0.139. The molecule has 1 amide bonds. The van der Waals surface area contributed by atoms with E-state index < -0.39 is 5.97 Å². The van der Waals surface area contributed by atoms with E-state index in [0.717, 1.165) is 25.7 Å². The van der Waals surface area contributed by atoms with Gasteiger partial charge in [-0.2, -0.15) is 0 Å². The van der Waals surface area contributed by atoms with Crippen LogP contribution in [0.1, 0.15) is 51.9 Å². The standard InChI is InChI=1S/C14H26N2O3/c1-2-16(9-6-13(18)19)12(17)10-14(11-15)7-4-3-5-8-14/h2-11,15H2,1H3,(H,18,19). The minimum atomic E-state index is -0.863. The van der Waals surface area contributed by atoms with E-state index in [4.69, 9.17) is 10.8 Å². The average molecular weight is 270 g/mol. The van der Waals surface area contributed by atoms with Gasteiger partial charge in [-0.1, -0.05) is 19.3 Å². The van der Waals surface area contributed by atoms with Gasteiger partial charge in [0.25, 0.3) is 0 Å². The molecule has 3 N–H and O–H groups in total. The molecule has 0 radical (unpaired) electrons. The van der Waals surface area contributed by atoms with E-state index in [0.29, 0.717) is 26.1 Å². The molecule has 0 aromatic heterocycles. The minimum absolute atomic E-state index is 0.00913. The number of rotatable bonds is 7. The molecule has 0 spiro atoms. The second kappa shape index (κ2) is 7.48. The number of nitrogens with zero attached hydrogens (tertiary/aromatic N) is 1. The van der Waals surface area contributed by atoms with Gasteiger partial charge in [-0.25, -0.2) is 0 Å². The number of carboxylic acid groups (broad SMARTS) is 1. The molecule has 110 valence electrons. The number of amides is 1. The van der Waals surface area contributed by atoms with Gasteiger partial charge in [0.15, 0.2) is 0 Å². The summed E-state index contributed by atoms with van der Waals surface area (Å²) in [6.07, 6.45) is 6.04. The van der Waals surface area contributed by atoms with Crippen molar-refractivity contribution in [2.75, 3.05) is 19.6 Å². The van der Waals surface area contributed by atoms with Gasteiger partial charge in [0, 0.05) is 19.5 Å². The first-order valence-corrected chi connectivity index (χ1v) is 7.22. The van der Waals surface area contributed by atoms with Gasteiger partial charge in [-0.3, -0.25) is 9.59 Å². The lowest BCUT2D eigenvalue weighted by Gasteiger charge is -2.37. The summed E-state index contributed by atoms with van der Waals surface area (Å²) in [7, 11) is 0. The highest BCUT2D eigenvalue weighted by atomic mass is 16.4. The largest absolute Gasteiger partial charge is 0.481 e. The van der Waals surface area contributed by atoms with Gasteiger partial charge < -0.3 is 15.7 Å². The molecule has 0 heterocycles. The molecule has 1 fully saturated rings. The maximum Gasteiger partial charge on any atom is 0.305 e. The molecule has 5 heteroatoms. The number of hydrogen-bond acceptors (Lipinski definition) is 3. The van der Waals surface area contributed by atoms with Crippen molar-refractivity contribution < 1.29 is 14.7 Å². The Morgan fingerprint density at radius 2 is 1.89 bits per heavy atom. The summed E-state index contributed by atoms with van der Waals surface area (Å²) in [4.78, 5) is 24.5. The van der Waals surface area contributed by atoms with Crippen LogP contribution in [-0.2, 0) is 9.59 Å². The first-order valence-electron chi connectivity index (χ1n) is 7.22. The van der Waals surface area contributed by atoms with Gasteiger partial charge in [-0.05, 0) is 31.7 Å². The molecule has 1 aliphatic rings. The van der Waals surface area contributed by atoms with Gasteiger partial charge in [0.05, 0.1) is 6.42 Å². The average Bonchev–Trinajstić information content (AvgIpc) is 2.40. The van der Waals surface area contributed by atoms with Crippen molar-refractivity contribution >= 4 is 11.9 Å². The molecule has 0 aromatic rings. The van der Waals surface area contributed by atoms with Crippen molar-refractivity contribution in [3.8, 4) is 0 Å². The third-order valence-corrected chi connectivity index (χ3v) is 4.20. The van der Waals surface area contributed by atoms with Crippen molar-refractivity contribution in [3.05, 3.63) is 0 Å². The Hall–Kier alpha value is -1.10. The van der Waals surface area contributed by atoms with Crippen molar-refractivity contribution in [2.45, 2.75) is 51.9 Å². The molecule has 5 nitrogen and oxygen atoms in total. The summed E-state index contributed by atoms with van der Waals surface area (Å²) in [5.74, 6) is -0.812. The molecule has 0 atom stereocenters. The summed E-state index contributed by atoms with van der Waals surface area (Å²) in [6.45, 7) is 3.29. The van der Waals surface area contributed by atoms with E-state index >= 15 is 0 Å². The van der Waals surface area contributed by atoms with E-state index in [1.807, 2.05) is 6.92 Å². The van der Waals surface area contributed by atoms with Crippen LogP contribution >= 0.6 is 0 Å². The van der Waals surface area contributed by atoms with Crippen LogP contribution in [0.4, 0.5) is 0 Å². The van der Waals surface area contributed by atoms with Crippen LogP contribution in [0.3, 0.4) is 0 Å². The Balaban J connectivity index is 2.56. The lowest BCUT2D eigenvalue weighted by atomic mass is 9.71. The van der Waals surface area contributed by atoms with Gasteiger partial charge in [-0.15, -0.1) is 0 Å². The van der Waals surface area contributed by atoms with Crippen LogP contribution in [0.15, 0.2) is 0 Å².